The Bertz CT molecular complexity index is 797. The van der Waals surface area contributed by atoms with E-state index in [9.17, 15) is 18.0 Å². The standard InChI is InChI=1S/C18H20F3N5O/c1-12-8-15(25-16(24-12)13-4-2-6-22-9-13)26-7-3-5-14(10-26)17(27)23-11-18(19,20)21/h2,4,6,8-9,14H,3,5,7,10-11H2,1H3,(H,23,27). The van der Waals surface area contributed by atoms with Crippen molar-refractivity contribution in [3.63, 3.8) is 0 Å². The molecular formula is C18H20F3N5O. The number of aromatic nitrogens is 3. The van der Waals surface area contributed by atoms with E-state index in [2.05, 4.69) is 15.0 Å². The lowest BCUT2D eigenvalue weighted by atomic mass is 9.97. The molecule has 2 aromatic rings. The quantitative estimate of drug-likeness (QED) is 0.885. The first-order chi connectivity index (χ1) is 12.8. The lowest BCUT2D eigenvalue weighted by Crippen LogP contribution is -2.45. The molecule has 1 unspecified atom stereocenters. The molecule has 0 radical (unpaired) electrons. The van der Waals surface area contributed by atoms with Crippen LogP contribution < -0.4 is 10.2 Å². The van der Waals surface area contributed by atoms with Crippen LogP contribution in [0, 0.1) is 12.8 Å². The van der Waals surface area contributed by atoms with Crippen LogP contribution >= 0.6 is 0 Å². The Hall–Kier alpha value is -2.71. The van der Waals surface area contributed by atoms with Crippen molar-refractivity contribution < 1.29 is 18.0 Å². The molecule has 1 amide bonds. The molecule has 0 aromatic carbocycles. The average molecular weight is 379 g/mol. The molecule has 1 atom stereocenters. The van der Waals surface area contributed by atoms with Crippen molar-refractivity contribution in [3.8, 4) is 11.4 Å². The van der Waals surface area contributed by atoms with Gasteiger partial charge >= 0.3 is 6.18 Å². The maximum absolute atomic E-state index is 12.3. The smallest absolute Gasteiger partial charge is 0.356 e. The number of piperidine rings is 1. The summed E-state index contributed by atoms with van der Waals surface area (Å²) >= 11 is 0. The van der Waals surface area contributed by atoms with Crippen molar-refractivity contribution in [3.05, 3.63) is 36.3 Å². The second-order valence-electron chi connectivity index (χ2n) is 6.55. The van der Waals surface area contributed by atoms with Crippen molar-refractivity contribution >= 4 is 11.7 Å². The normalized spacial score (nSPS) is 17.6. The first kappa shape index (κ1) is 19.1. The average Bonchev–Trinajstić information content (AvgIpc) is 2.66. The highest BCUT2D eigenvalue weighted by Crippen LogP contribution is 2.25. The van der Waals surface area contributed by atoms with E-state index in [0.717, 1.165) is 11.3 Å². The number of nitrogens with zero attached hydrogens (tertiary/aromatic N) is 4. The van der Waals surface area contributed by atoms with Crippen molar-refractivity contribution in [2.75, 3.05) is 24.5 Å². The molecule has 1 fully saturated rings. The van der Waals surface area contributed by atoms with Crippen molar-refractivity contribution in [2.45, 2.75) is 25.9 Å². The van der Waals surface area contributed by atoms with Crippen LogP contribution in [-0.2, 0) is 4.79 Å². The molecule has 6 nitrogen and oxygen atoms in total. The summed E-state index contributed by atoms with van der Waals surface area (Å²) in [6.45, 7) is 1.56. The number of alkyl halides is 3. The minimum atomic E-state index is -4.41. The van der Waals surface area contributed by atoms with Crippen molar-refractivity contribution in [2.24, 2.45) is 5.92 Å². The minimum Gasteiger partial charge on any atom is -0.356 e. The van der Waals surface area contributed by atoms with Gasteiger partial charge in [-0.05, 0) is 31.9 Å². The van der Waals surface area contributed by atoms with E-state index in [1.807, 2.05) is 29.3 Å². The van der Waals surface area contributed by atoms with Gasteiger partial charge in [0.05, 0.1) is 5.92 Å². The number of rotatable bonds is 4. The number of carbonyl (C=O) groups excluding carboxylic acids is 1. The van der Waals surface area contributed by atoms with E-state index in [4.69, 9.17) is 0 Å². The number of nitrogens with one attached hydrogen (secondary N) is 1. The Labute approximate surface area is 154 Å². The first-order valence-electron chi connectivity index (χ1n) is 8.67. The van der Waals surface area contributed by atoms with Gasteiger partial charge in [-0.3, -0.25) is 9.78 Å². The molecular weight excluding hydrogens is 359 g/mol. The third kappa shape index (κ3) is 5.15. The van der Waals surface area contributed by atoms with Crippen LogP contribution in [0.2, 0.25) is 0 Å². The number of hydrogen-bond acceptors (Lipinski definition) is 5. The summed E-state index contributed by atoms with van der Waals surface area (Å²) in [7, 11) is 0. The molecule has 3 heterocycles. The zero-order valence-corrected chi connectivity index (χ0v) is 14.8. The molecule has 3 rings (SSSR count). The predicted octanol–water partition coefficient (Wildman–Crippen LogP) is 2.74. The number of amides is 1. The maximum atomic E-state index is 12.3. The topological polar surface area (TPSA) is 71.0 Å². The van der Waals surface area contributed by atoms with Gasteiger partial charge in [0.15, 0.2) is 5.82 Å². The van der Waals surface area contributed by atoms with Crippen LogP contribution in [0.25, 0.3) is 11.4 Å². The van der Waals surface area contributed by atoms with E-state index in [-0.39, 0.29) is 0 Å². The highest BCUT2D eigenvalue weighted by Gasteiger charge is 2.31. The molecule has 27 heavy (non-hydrogen) atoms. The van der Waals surface area contributed by atoms with Gasteiger partial charge in [-0.2, -0.15) is 13.2 Å². The van der Waals surface area contributed by atoms with Crippen molar-refractivity contribution in [1.29, 1.82) is 0 Å². The Kier molecular flexibility index (Phi) is 5.57. The zero-order valence-electron chi connectivity index (χ0n) is 14.8. The third-order valence-corrected chi connectivity index (χ3v) is 4.34. The Balaban J connectivity index is 1.74. The number of pyridine rings is 1. The highest BCUT2D eigenvalue weighted by molar-refractivity contribution is 5.79. The van der Waals surface area contributed by atoms with Gasteiger partial charge in [-0.15, -0.1) is 0 Å². The van der Waals surface area contributed by atoms with E-state index in [1.165, 1.54) is 0 Å². The molecule has 144 valence electrons. The summed E-state index contributed by atoms with van der Waals surface area (Å²) < 4.78 is 37.0. The summed E-state index contributed by atoms with van der Waals surface area (Å²) in [5, 5.41) is 1.98. The largest absolute Gasteiger partial charge is 0.405 e. The third-order valence-electron chi connectivity index (χ3n) is 4.34. The fraction of sp³-hybridized carbons (Fsp3) is 0.444. The van der Waals surface area contributed by atoms with Gasteiger partial charge in [0.2, 0.25) is 5.91 Å². The summed E-state index contributed by atoms with van der Waals surface area (Å²) in [5.74, 6) is 0.116. The van der Waals surface area contributed by atoms with Gasteiger partial charge in [0, 0.05) is 42.8 Å². The number of aryl methyl sites for hydroxylation is 1. The summed E-state index contributed by atoms with van der Waals surface area (Å²) in [4.78, 5) is 27.1. The number of hydrogen-bond donors (Lipinski definition) is 1. The van der Waals surface area contributed by atoms with E-state index in [0.29, 0.717) is 37.6 Å². The van der Waals surface area contributed by atoms with E-state index in [1.54, 1.807) is 18.5 Å². The van der Waals surface area contributed by atoms with Gasteiger partial charge < -0.3 is 10.2 Å². The molecule has 1 aliphatic rings. The fourth-order valence-corrected chi connectivity index (χ4v) is 3.07. The van der Waals surface area contributed by atoms with Gasteiger partial charge in [-0.1, -0.05) is 0 Å². The fourth-order valence-electron chi connectivity index (χ4n) is 3.07. The molecule has 2 aromatic heterocycles. The zero-order chi connectivity index (χ0) is 19.4. The summed E-state index contributed by atoms with van der Waals surface area (Å²) in [6, 6.07) is 5.47. The molecule has 0 bridgehead atoms. The van der Waals surface area contributed by atoms with Crippen LogP contribution in [0.4, 0.5) is 19.0 Å². The van der Waals surface area contributed by atoms with Crippen LogP contribution in [0.5, 0.6) is 0 Å². The van der Waals surface area contributed by atoms with Crippen LogP contribution in [-0.4, -0.2) is 46.7 Å². The lowest BCUT2D eigenvalue weighted by molar-refractivity contribution is -0.140. The lowest BCUT2D eigenvalue weighted by Gasteiger charge is -2.33. The molecule has 0 aliphatic carbocycles. The van der Waals surface area contributed by atoms with Crippen LogP contribution in [0.1, 0.15) is 18.5 Å². The van der Waals surface area contributed by atoms with E-state index >= 15 is 0 Å². The highest BCUT2D eigenvalue weighted by atomic mass is 19.4. The van der Waals surface area contributed by atoms with Gasteiger partial charge in [0.25, 0.3) is 0 Å². The first-order valence-corrected chi connectivity index (χ1v) is 8.67. The van der Waals surface area contributed by atoms with Crippen LogP contribution in [0.3, 0.4) is 0 Å². The Morgan fingerprint density at radius 1 is 1.37 bits per heavy atom. The second-order valence-corrected chi connectivity index (χ2v) is 6.55. The number of halogens is 3. The molecule has 0 spiro atoms. The minimum absolute atomic E-state index is 0.326. The second kappa shape index (κ2) is 7.89. The van der Waals surface area contributed by atoms with Gasteiger partial charge in [0.1, 0.15) is 12.4 Å². The number of anilines is 1. The molecule has 1 aliphatic heterocycles. The summed E-state index contributed by atoms with van der Waals surface area (Å²) in [5.41, 5.74) is 1.54. The Morgan fingerprint density at radius 3 is 2.89 bits per heavy atom. The van der Waals surface area contributed by atoms with E-state index < -0.39 is 24.5 Å². The molecule has 1 saturated heterocycles. The maximum Gasteiger partial charge on any atom is 0.405 e. The Morgan fingerprint density at radius 2 is 2.19 bits per heavy atom. The van der Waals surface area contributed by atoms with Gasteiger partial charge in [-0.25, -0.2) is 9.97 Å². The summed E-state index contributed by atoms with van der Waals surface area (Å²) in [6.07, 6.45) is 0.179. The molecule has 9 heteroatoms. The monoisotopic (exact) mass is 379 g/mol. The van der Waals surface area contributed by atoms with Crippen molar-refractivity contribution in [1.82, 2.24) is 20.3 Å². The predicted molar refractivity (Wildman–Crippen MR) is 94.0 cm³/mol. The van der Waals surface area contributed by atoms with Crippen LogP contribution in [0.15, 0.2) is 30.6 Å². The molecule has 1 N–H and O–H groups in total. The SMILES string of the molecule is Cc1cc(N2CCCC(C(=O)NCC(F)(F)F)C2)nc(-c2cccnc2)n1. The molecule has 0 saturated carbocycles. The number of carbonyl (C=O) groups is 1.